The number of nitrogens with two attached hydrogens (primary N) is 1. The standard InChI is InChI=1S/C12H15N3/c13-12-6-4-11(5-7-12)3-1-9-15-10-2-8-14-15/h2,4-8,10H,1,3,9,13H2. The van der Waals surface area contributed by atoms with Crippen molar-refractivity contribution in [3.8, 4) is 0 Å². The zero-order valence-corrected chi connectivity index (χ0v) is 8.63. The molecule has 0 radical (unpaired) electrons. The Hall–Kier alpha value is -1.77. The van der Waals surface area contributed by atoms with Crippen LogP contribution in [0.25, 0.3) is 0 Å². The first-order valence-electron chi connectivity index (χ1n) is 5.16. The maximum absolute atomic E-state index is 5.62. The molecule has 3 heteroatoms. The third-order valence-corrected chi connectivity index (χ3v) is 2.39. The first-order chi connectivity index (χ1) is 7.34. The van der Waals surface area contributed by atoms with Gasteiger partial charge in [0.2, 0.25) is 0 Å². The van der Waals surface area contributed by atoms with Crippen LogP contribution in [0.4, 0.5) is 5.69 Å². The molecule has 0 aliphatic rings. The third-order valence-electron chi connectivity index (χ3n) is 2.39. The first kappa shape index (κ1) is 9.77. The lowest BCUT2D eigenvalue weighted by Gasteiger charge is -2.02. The van der Waals surface area contributed by atoms with Crippen LogP contribution in [0.15, 0.2) is 42.7 Å². The van der Waals surface area contributed by atoms with Crippen LogP contribution in [0.5, 0.6) is 0 Å². The van der Waals surface area contributed by atoms with Gasteiger partial charge in [0, 0.05) is 24.6 Å². The molecular formula is C12H15N3. The molecule has 0 unspecified atom stereocenters. The van der Waals surface area contributed by atoms with Crippen molar-refractivity contribution in [3.05, 3.63) is 48.3 Å². The van der Waals surface area contributed by atoms with Crippen molar-refractivity contribution in [3.63, 3.8) is 0 Å². The van der Waals surface area contributed by atoms with Gasteiger partial charge < -0.3 is 5.73 Å². The fourth-order valence-corrected chi connectivity index (χ4v) is 1.56. The molecule has 78 valence electrons. The van der Waals surface area contributed by atoms with Gasteiger partial charge in [-0.25, -0.2) is 0 Å². The maximum atomic E-state index is 5.62. The number of hydrogen-bond acceptors (Lipinski definition) is 2. The minimum atomic E-state index is 0.825. The minimum absolute atomic E-state index is 0.825. The lowest BCUT2D eigenvalue weighted by Crippen LogP contribution is -1.99. The van der Waals surface area contributed by atoms with Crippen molar-refractivity contribution in [1.29, 1.82) is 0 Å². The highest BCUT2D eigenvalue weighted by Gasteiger charge is 1.94. The lowest BCUT2D eigenvalue weighted by molar-refractivity contribution is 0.579. The second kappa shape index (κ2) is 4.64. The van der Waals surface area contributed by atoms with E-state index in [1.165, 1.54) is 5.56 Å². The topological polar surface area (TPSA) is 43.8 Å². The van der Waals surface area contributed by atoms with Crippen LogP contribution in [-0.4, -0.2) is 9.78 Å². The zero-order chi connectivity index (χ0) is 10.5. The molecule has 2 aromatic rings. The average Bonchev–Trinajstić information content (AvgIpc) is 2.74. The van der Waals surface area contributed by atoms with Crippen molar-refractivity contribution in [1.82, 2.24) is 9.78 Å². The normalized spacial score (nSPS) is 10.4. The SMILES string of the molecule is Nc1ccc(CCCn2cccn2)cc1. The van der Waals surface area contributed by atoms with Crippen LogP contribution in [-0.2, 0) is 13.0 Å². The van der Waals surface area contributed by atoms with Gasteiger partial charge in [-0.1, -0.05) is 12.1 Å². The molecule has 0 aliphatic heterocycles. The molecule has 0 spiro atoms. The van der Waals surface area contributed by atoms with E-state index in [1.54, 1.807) is 0 Å². The van der Waals surface area contributed by atoms with Gasteiger partial charge in [-0.15, -0.1) is 0 Å². The summed E-state index contributed by atoms with van der Waals surface area (Å²) >= 11 is 0. The molecule has 0 aliphatic carbocycles. The smallest absolute Gasteiger partial charge is 0.0489 e. The second-order valence-electron chi connectivity index (χ2n) is 3.61. The van der Waals surface area contributed by atoms with Gasteiger partial charge in [-0.05, 0) is 36.6 Å². The van der Waals surface area contributed by atoms with Gasteiger partial charge in [0.15, 0.2) is 0 Å². The van der Waals surface area contributed by atoms with E-state index in [2.05, 4.69) is 17.2 Å². The molecule has 0 amide bonds. The summed E-state index contributed by atoms with van der Waals surface area (Å²) in [6.07, 6.45) is 5.97. The van der Waals surface area contributed by atoms with E-state index < -0.39 is 0 Å². The lowest BCUT2D eigenvalue weighted by atomic mass is 10.1. The monoisotopic (exact) mass is 201 g/mol. The van der Waals surface area contributed by atoms with Gasteiger partial charge in [-0.3, -0.25) is 4.68 Å². The summed E-state index contributed by atoms with van der Waals surface area (Å²) < 4.78 is 1.96. The van der Waals surface area contributed by atoms with Gasteiger partial charge in [-0.2, -0.15) is 5.10 Å². The molecular weight excluding hydrogens is 186 g/mol. The molecule has 0 bridgehead atoms. The number of nitrogen functional groups attached to an aromatic ring is 1. The maximum Gasteiger partial charge on any atom is 0.0489 e. The second-order valence-corrected chi connectivity index (χ2v) is 3.61. The summed E-state index contributed by atoms with van der Waals surface area (Å²) in [4.78, 5) is 0. The van der Waals surface area contributed by atoms with Gasteiger partial charge in [0.25, 0.3) is 0 Å². The van der Waals surface area contributed by atoms with Crippen LogP contribution in [0.2, 0.25) is 0 Å². The van der Waals surface area contributed by atoms with E-state index in [9.17, 15) is 0 Å². The van der Waals surface area contributed by atoms with E-state index in [0.29, 0.717) is 0 Å². The molecule has 0 saturated carbocycles. The summed E-state index contributed by atoms with van der Waals surface area (Å²) in [7, 11) is 0. The summed E-state index contributed by atoms with van der Waals surface area (Å²) in [5.41, 5.74) is 7.77. The Balaban J connectivity index is 1.81. The Morgan fingerprint density at radius 1 is 1.20 bits per heavy atom. The summed E-state index contributed by atoms with van der Waals surface area (Å²) in [6.45, 7) is 0.970. The first-order valence-corrected chi connectivity index (χ1v) is 5.16. The number of benzene rings is 1. The molecule has 2 rings (SSSR count). The van der Waals surface area contributed by atoms with Crippen molar-refractivity contribution in [2.75, 3.05) is 5.73 Å². The zero-order valence-electron chi connectivity index (χ0n) is 8.63. The van der Waals surface area contributed by atoms with Crippen LogP contribution < -0.4 is 5.73 Å². The van der Waals surface area contributed by atoms with Crippen molar-refractivity contribution < 1.29 is 0 Å². The van der Waals surface area contributed by atoms with E-state index in [-0.39, 0.29) is 0 Å². The van der Waals surface area contributed by atoms with Crippen LogP contribution in [0, 0.1) is 0 Å². The minimum Gasteiger partial charge on any atom is -0.399 e. The number of aryl methyl sites for hydroxylation is 2. The quantitative estimate of drug-likeness (QED) is 0.770. The van der Waals surface area contributed by atoms with Crippen molar-refractivity contribution in [2.45, 2.75) is 19.4 Å². The number of rotatable bonds is 4. The Morgan fingerprint density at radius 2 is 2.00 bits per heavy atom. The highest BCUT2D eigenvalue weighted by Crippen LogP contribution is 2.08. The molecule has 15 heavy (non-hydrogen) atoms. The number of hydrogen-bond donors (Lipinski definition) is 1. The molecule has 0 atom stereocenters. The number of nitrogens with zero attached hydrogens (tertiary/aromatic N) is 2. The summed E-state index contributed by atoms with van der Waals surface area (Å²) in [5, 5.41) is 4.16. The van der Waals surface area contributed by atoms with Crippen molar-refractivity contribution >= 4 is 5.69 Å². The van der Waals surface area contributed by atoms with Crippen LogP contribution in [0.3, 0.4) is 0 Å². The van der Waals surface area contributed by atoms with E-state index in [1.807, 2.05) is 35.3 Å². The molecule has 0 saturated heterocycles. The number of anilines is 1. The van der Waals surface area contributed by atoms with Gasteiger partial charge in [0.05, 0.1) is 0 Å². The predicted molar refractivity (Wildman–Crippen MR) is 61.4 cm³/mol. The van der Waals surface area contributed by atoms with E-state index in [0.717, 1.165) is 25.1 Å². The largest absolute Gasteiger partial charge is 0.399 e. The summed E-state index contributed by atoms with van der Waals surface area (Å²) in [6, 6.07) is 10.0. The molecule has 0 fully saturated rings. The average molecular weight is 201 g/mol. The van der Waals surface area contributed by atoms with Gasteiger partial charge in [0.1, 0.15) is 0 Å². The number of aromatic nitrogens is 2. The fourth-order valence-electron chi connectivity index (χ4n) is 1.56. The molecule has 1 aromatic carbocycles. The Labute approximate surface area is 89.5 Å². The fraction of sp³-hybridized carbons (Fsp3) is 0.250. The highest BCUT2D eigenvalue weighted by molar-refractivity contribution is 5.39. The van der Waals surface area contributed by atoms with Crippen LogP contribution in [0.1, 0.15) is 12.0 Å². The molecule has 1 heterocycles. The predicted octanol–water partition coefficient (Wildman–Crippen LogP) is 2.10. The van der Waals surface area contributed by atoms with E-state index >= 15 is 0 Å². The highest BCUT2D eigenvalue weighted by atomic mass is 15.3. The van der Waals surface area contributed by atoms with Gasteiger partial charge >= 0.3 is 0 Å². The Bertz CT molecular complexity index is 389. The summed E-state index contributed by atoms with van der Waals surface area (Å²) in [5.74, 6) is 0. The Kier molecular flexibility index (Phi) is 3.02. The molecule has 1 aromatic heterocycles. The Morgan fingerprint density at radius 3 is 2.67 bits per heavy atom. The molecule has 3 nitrogen and oxygen atoms in total. The van der Waals surface area contributed by atoms with Crippen molar-refractivity contribution in [2.24, 2.45) is 0 Å². The molecule has 2 N–H and O–H groups in total. The third kappa shape index (κ3) is 2.84. The van der Waals surface area contributed by atoms with Crippen LogP contribution >= 0.6 is 0 Å². The van der Waals surface area contributed by atoms with E-state index in [4.69, 9.17) is 5.73 Å².